The summed E-state index contributed by atoms with van der Waals surface area (Å²) in [7, 11) is 0. The van der Waals surface area contributed by atoms with E-state index in [0.717, 1.165) is 4.47 Å². The highest BCUT2D eigenvalue weighted by molar-refractivity contribution is 9.10. The van der Waals surface area contributed by atoms with Crippen LogP contribution in [0.2, 0.25) is 0 Å². The molecule has 0 aliphatic carbocycles. The molecule has 0 fully saturated rings. The minimum Gasteiger partial charge on any atom is -0.411 e. The third-order valence-corrected chi connectivity index (χ3v) is 4.88. The second kappa shape index (κ2) is 8.40. The van der Waals surface area contributed by atoms with Crippen molar-refractivity contribution in [2.75, 3.05) is 5.75 Å². The summed E-state index contributed by atoms with van der Waals surface area (Å²) in [5, 5.41) is 8.15. The molecular weight excluding hydrogens is 407 g/mol. The van der Waals surface area contributed by atoms with Gasteiger partial charge >= 0.3 is 0 Å². The van der Waals surface area contributed by atoms with Crippen molar-refractivity contribution in [3.05, 3.63) is 64.4 Å². The van der Waals surface area contributed by atoms with Crippen molar-refractivity contribution in [2.24, 2.45) is 0 Å². The SMILES string of the molecule is O=C(CCCSc1nnc(-c2ccccc2F)o1)c1ccc(Br)cc1. The molecule has 0 aliphatic rings. The van der Waals surface area contributed by atoms with Gasteiger partial charge in [0.05, 0.1) is 5.56 Å². The van der Waals surface area contributed by atoms with E-state index in [1.807, 2.05) is 12.1 Å². The molecule has 0 spiro atoms. The number of hydrogen-bond donors (Lipinski definition) is 0. The monoisotopic (exact) mass is 420 g/mol. The Hall–Kier alpha value is -1.99. The van der Waals surface area contributed by atoms with E-state index in [1.165, 1.54) is 17.8 Å². The first-order valence-corrected chi connectivity index (χ1v) is 9.41. The van der Waals surface area contributed by atoms with Crippen LogP contribution >= 0.6 is 27.7 Å². The van der Waals surface area contributed by atoms with Crippen molar-refractivity contribution < 1.29 is 13.6 Å². The Morgan fingerprint density at radius 1 is 1.12 bits per heavy atom. The Morgan fingerprint density at radius 3 is 2.64 bits per heavy atom. The van der Waals surface area contributed by atoms with Gasteiger partial charge in [0.15, 0.2) is 5.78 Å². The summed E-state index contributed by atoms with van der Waals surface area (Å²) in [6, 6.07) is 13.6. The molecule has 0 saturated carbocycles. The van der Waals surface area contributed by atoms with Crippen LogP contribution in [0.5, 0.6) is 0 Å². The maximum absolute atomic E-state index is 13.7. The van der Waals surface area contributed by atoms with Crippen LogP contribution in [-0.4, -0.2) is 21.7 Å². The predicted molar refractivity (Wildman–Crippen MR) is 98.1 cm³/mol. The van der Waals surface area contributed by atoms with Crippen molar-refractivity contribution in [3.8, 4) is 11.5 Å². The van der Waals surface area contributed by atoms with Crippen LogP contribution in [0.3, 0.4) is 0 Å². The summed E-state index contributed by atoms with van der Waals surface area (Å²) >= 11 is 4.71. The van der Waals surface area contributed by atoms with Crippen molar-refractivity contribution >= 4 is 33.5 Å². The van der Waals surface area contributed by atoms with Gasteiger partial charge < -0.3 is 4.42 Å². The molecular formula is C18H14BrFN2O2S. The highest BCUT2D eigenvalue weighted by Gasteiger charge is 2.13. The van der Waals surface area contributed by atoms with E-state index in [1.54, 1.807) is 30.3 Å². The first-order chi connectivity index (χ1) is 12.1. The van der Waals surface area contributed by atoms with E-state index in [0.29, 0.717) is 29.4 Å². The van der Waals surface area contributed by atoms with Gasteiger partial charge in [-0.15, -0.1) is 10.2 Å². The largest absolute Gasteiger partial charge is 0.411 e. The zero-order valence-electron chi connectivity index (χ0n) is 13.1. The van der Waals surface area contributed by atoms with Crippen molar-refractivity contribution in [1.29, 1.82) is 0 Å². The van der Waals surface area contributed by atoms with E-state index in [2.05, 4.69) is 26.1 Å². The third-order valence-electron chi connectivity index (χ3n) is 3.45. The fourth-order valence-electron chi connectivity index (χ4n) is 2.18. The number of carbonyl (C=O) groups is 1. The molecule has 0 radical (unpaired) electrons. The van der Waals surface area contributed by atoms with Gasteiger partial charge in [-0.2, -0.15) is 0 Å². The molecule has 0 amide bonds. The quantitative estimate of drug-likeness (QED) is 0.291. The highest BCUT2D eigenvalue weighted by Crippen LogP contribution is 2.25. The molecule has 0 atom stereocenters. The fourth-order valence-corrected chi connectivity index (χ4v) is 3.15. The van der Waals surface area contributed by atoms with E-state index in [-0.39, 0.29) is 17.2 Å². The van der Waals surface area contributed by atoms with Gasteiger partial charge in [0, 0.05) is 22.2 Å². The summed E-state index contributed by atoms with van der Waals surface area (Å²) in [4.78, 5) is 12.1. The van der Waals surface area contributed by atoms with E-state index >= 15 is 0 Å². The van der Waals surface area contributed by atoms with Crippen LogP contribution in [-0.2, 0) is 0 Å². The van der Waals surface area contributed by atoms with Gasteiger partial charge in [0.1, 0.15) is 5.82 Å². The lowest BCUT2D eigenvalue weighted by Crippen LogP contribution is -1.99. The summed E-state index contributed by atoms with van der Waals surface area (Å²) < 4.78 is 20.1. The van der Waals surface area contributed by atoms with Crippen LogP contribution in [0.1, 0.15) is 23.2 Å². The number of ketones is 1. The molecule has 0 unspecified atom stereocenters. The average Bonchev–Trinajstić information content (AvgIpc) is 3.08. The Kier molecular flexibility index (Phi) is 5.99. The van der Waals surface area contributed by atoms with Gasteiger partial charge in [-0.05, 0) is 30.7 Å². The topological polar surface area (TPSA) is 56.0 Å². The highest BCUT2D eigenvalue weighted by atomic mass is 79.9. The zero-order valence-corrected chi connectivity index (χ0v) is 15.5. The lowest BCUT2D eigenvalue weighted by molar-refractivity contribution is 0.0982. The smallest absolute Gasteiger partial charge is 0.276 e. The Balaban J connectivity index is 1.49. The minimum absolute atomic E-state index is 0.102. The predicted octanol–water partition coefficient (Wildman–Crippen LogP) is 5.39. The minimum atomic E-state index is -0.400. The molecule has 25 heavy (non-hydrogen) atoms. The number of nitrogens with zero attached hydrogens (tertiary/aromatic N) is 2. The number of aromatic nitrogens is 2. The normalized spacial score (nSPS) is 10.8. The fraction of sp³-hybridized carbons (Fsp3) is 0.167. The number of carbonyl (C=O) groups excluding carboxylic acids is 1. The summed E-state index contributed by atoms with van der Waals surface area (Å²) in [6.45, 7) is 0. The number of rotatable bonds is 7. The number of Topliss-reactive ketones (excluding diaryl/α,β-unsaturated/α-hetero) is 1. The van der Waals surface area contributed by atoms with Crippen LogP contribution in [0.15, 0.2) is 62.6 Å². The second-order valence-corrected chi connectivity index (χ2v) is 7.20. The maximum atomic E-state index is 13.7. The Bertz CT molecular complexity index is 868. The first kappa shape index (κ1) is 17.8. The Morgan fingerprint density at radius 2 is 1.88 bits per heavy atom. The summed E-state index contributed by atoms with van der Waals surface area (Å²) in [5.74, 6) is 0.529. The maximum Gasteiger partial charge on any atom is 0.276 e. The molecule has 0 N–H and O–H groups in total. The Labute approximate surface area is 157 Å². The molecule has 0 aliphatic heterocycles. The van der Waals surface area contributed by atoms with E-state index in [4.69, 9.17) is 4.42 Å². The van der Waals surface area contributed by atoms with Gasteiger partial charge in [0.2, 0.25) is 0 Å². The average molecular weight is 421 g/mol. The van der Waals surface area contributed by atoms with Crippen molar-refractivity contribution in [1.82, 2.24) is 10.2 Å². The van der Waals surface area contributed by atoms with E-state index < -0.39 is 5.82 Å². The van der Waals surface area contributed by atoms with Gasteiger partial charge in [-0.3, -0.25) is 4.79 Å². The zero-order chi connectivity index (χ0) is 17.6. The number of hydrogen-bond acceptors (Lipinski definition) is 5. The molecule has 7 heteroatoms. The number of benzene rings is 2. The standard InChI is InChI=1S/C18H14BrFN2O2S/c19-13-9-7-12(8-10-13)16(23)6-3-11-25-18-22-21-17(24-18)14-4-1-2-5-15(14)20/h1-2,4-5,7-10H,3,6,11H2. The molecule has 3 rings (SSSR count). The molecule has 1 heterocycles. The van der Waals surface area contributed by atoms with Crippen molar-refractivity contribution in [3.63, 3.8) is 0 Å². The lowest BCUT2D eigenvalue weighted by atomic mass is 10.1. The van der Waals surface area contributed by atoms with Crippen LogP contribution in [0.4, 0.5) is 4.39 Å². The van der Waals surface area contributed by atoms with Crippen LogP contribution in [0.25, 0.3) is 11.5 Å². The summed E-state index contributed by atoms with van der Waals surface area (Å²) in [5.41, 5.74) is 0.986. The molecule has 2 aromatic carbocycles. The van der Waals surface area contributed by atoms with Crippen molar-refractivity contribution in [2.45, 2.75) is 18.1 Å². The molecule has 0 saturated heterocycles. The molecule has 0 bridgehead atoms. The number of thioether (sulfide) groups is 1. The summed E-state index contributed by atoms with van der Waals surface area (Å²) in [6.07, 6.45) is 1.14. The molecule has 1 aromatic heterocycles. The molecule has 128 valence electrons. The lowest BCUT2D eigenvalue weighted by Gasteiger charge is -2.00. The molecule has 3 aromatic rings. The van der Waals surface area contributed by atoms with Crippen LogP contribution < -0.4 is 0 Å². The first-order valence-electron chi connectivity index (χ1n) is 7.63. The third kappa shape index (κ3) is 4.76. The second-order valence-electron chi connectivity index (χ2n) is 5.24. The van der Waals surface area contributed by atoms with Gasteiger partial charge in [0.25, 0.3) is 11.1 Å². The van der Waals surface area contributed by atoms with Gasteiger partial charge in [-0.25, -0.2) is 4.39 Å². The van der Waals surface area contributed by atoms with Gasteiger partial charge in [-0.1, -0.05) is 52.0 Å². The van der Waals surface area contributed by atoms with Crippen LogP contribution in [0, 0.1) is 5.82 Å². The molecule has 4 nitrogen and oxygen atoms in total. The number of halogens is 2. The van der Waals surface area contributed by atoms with E-state index in [9.17, 15) is 9.18 Å².